The molecule has 4 atom stereocenters. The van der Waals surface area contributed by atoms with E-state index in [0.29, 0.717) is 4.75 Å². The Morgan fingerprint density at radius 3 is 2.70 bits per heavy atom. The highest BCUT2D eigenvalue weighted by Gasteiger charge is 2.64. The summed E-state index contributed by atoms with van der Waals surface area (Å²) in [7, 11) is 0. The van der Waals surface area contributed by atoms with Gasteiger partial charge in [-0.1, -0.05) is 20.3 Å². The van der Waals surface area contributed by atoms with Gasteiger partial charge in [0.15, 0.2) is 0 Å². The van der Waals surface area contributed by atoms with Crippen molar-refractivity contribution < 1.29 is 0 Å². The van der Waals surface area contributed by atoms with Gasteiger partial charge in [0, 0.05) is 4.75 Å². The summed E-state index contributed by atoms with van der Waals surface area (Å²) in [6.07, 6.45) is 4.17. The molecule has 2 aliphatic rings. The topological polar surface area (TPSA) is 0 Å². The zero-order valence-electron chi connectivity index (χ0n) is 6.80. The molecule has 0 aromatic carbocycles. The highest BCUT2D eigenvalue weighted by atomic mass is 32.1. The molecule has 2 aliphatic carbocycles. The normalized spacial score (nSPS) is 58.5. The van der Waals surface area contributed by atoms with Gasteiger partial charge in [0.2, 0.25) is 0 Å². The Morgan fingerprint density at radius 1 is 1.60 bits per heavy atom. The molecule has 0 heterocycles. The lowest BCUT2D eigenvalue weighted by Crippen LogP contribution is -2.04. The van der Waals surface area contributed by atoms with E-state index >= 15 is 0 Å². The lowest BCUT2D eigenvalue weighted by Gasteiger charge is -2.10. The van der Waals surface area contributed by atoms with E-state index in [1.54, 1.807) is 0 Å². The van der Waals surface area contributed by atoms with Crippen LogP contribution in [-0.4, -0.2) is 4.75 Å². The van der Waals surface area contributed by atoms with E-state index in [0.717, 1.165) is 17.8 Å². The third kappa shape index (κ3) is 0.702. The molecule has 2 saturated carbocycles. The van der Waals surface area contributed by atoms with Gasteiger partial charge in [-0.3, -0.25) is 0 Å². The van der Waals surface area contributed by atoms with Crippen LogP contribution >= 0.6 is 12.6 Å². The second kappa shape index (κ2) is 1.94. The van der Waals surface area contributed by atoms with Gasteiger partial charge in [0.05, 0.1) is 0 Å². The van der Waals surface area contributed by atoms with Crippen molar-refractivity contribution in [3.8, 4) is 0 Å². The lowest BCUT2D eigenvalue weighted by molar-refractivity contribution is 0.474. The summed E-state index contributed by atoms with van der Waals surface area (Å²) in [6, 6.07) is 0. The van der Waals surface area contributed by atoms with Crippen LogP contribution in [0.3, 0.4) is 0 Å². The first-order valence-corrected chi connectivity index (χ1v) is 4.85. The maximum Gasteiger partial charge on any atom is 0.0195 e. The van der Waals surface area contributed by atoms with Gasteiger partial charge in [-0.15, -0.1) is 0 Å². The van der Waals surface area contributed by atoms with E-state index in [-0.39, 0.29) is 0 Å². The summed E-state index contributed by atoms with van der Waals surface area (Å²) < 4.78 is 0.494. The van der Waals surface area contributed by atoms with E-state index in [1.165, 1.54) is 19.3 Å². The van der Waals surface area contributed by atoms with Crippen molar-refractivity contribution in [1.29, 1.82) is 0 Å². The summed E-state index contributed by atoms with van der Waals surface area (Å²) in [5.74, 6) is 2.90. The highest BCUT2D eigenvalue weighted by molar-refractivity contribution is 7.82. The van der Waals surface area contributed by atoms with Crippen LogP contribution in [0.4, 0.5) is 0 Å². The van der Waals surface area contributed by atoms with Gasteiger partial charge < -0.3 is 0 Å². The maximum atomic E-state index is 4.76. The van der Waals surface area contributed by atoms with E-state index in [1.807, 2.05) is 0 Å². The predicted octanol–water partition coefficient (Wildman–Crippen LogP) is 2.74. The molecule has 2 fully saturated rings. The third-order valence-corrected chi connectivity index (χ3v) is 4.28. The first kappa shape index (κ1) is 7.02. The molecule has 0 nitrogen and oxygen atoms in total. The minimum Gasteiger partial charge on any atom is -0.172 e. The van der Waals surface area contributed by atoms with Crippen LogP contribution in [-0.2, 0) is 0 Å². The molecule has 0 radical (unpaired) electrons. The SMILES string of the molecule is CCC1C2CC(C)CC12S. The Morgan fingerprint density at radius 2 is 2.30 bits per heavy atom. The molecule has 10 heavy (non-hydrogen) atoms. The molecular formula is C9H16S. The number of hydrogen-bond acceptors (Lipinski definition) is 1. The molecular weight excluding hydrogens is 140 g/mol. The average Bonchev–Trinajstić information content (AvgIpc) is 2.22. The smallest absolute Gasteiger partial charge is 0.0195 e. The largest absolute Gasteiger partial charge is 0.172 e. The minimum atomic E-state index is 0.494. The number of rotatable bonds is 1. The molecule has 0 spiro atoms. The predicted molar refractivity (Wildman–Crippen MR) is 47.4 cm³/mol. The number of hydrogen-bond donors (Lipinski definition) is 1. The maximum absolute atomic E-state index is 4.76. The molecule has 1 heteroatoms. The Bertz CT molecular complexity index is 155. The monoisotopic (exact) mass is 156 g/mol. The van der Waals surface area contributed by atoms with E-state index in [2.05, 4.69) is 13.8 Å². The second-order valence-corrected chi connectivity index (χ2v) is 4.99. The van der Waals surface area contributed by atoms with Gasteiger partial charge in [0.1, 0.15) is 0 Å². The Hall–Kier alpha value is 0.350. The van der Waals surface area contributed by atoms with Crippen LogP contribution < -0.4 is 0 Å². The fourth-order valence-corrected chi connectivity index (χ4v) is 3.86. The van der Waals surface area contributed by atoms with Gasteiger partial charge in [-0.2, -0.15) is 12.6 Å². The van der Waals surface area contributed by atoms with Crippen LogP contribution in [0, 0.1) is 17.8 Å². The van der Waals surface area contributed by atoms with E-state index in [9.17, 15) is 0 Å². The summed E-state index contributed by atoms with van der Waals surface area (Å²) in [5, 5.41) is 0. The molecule has 4 unspecified atom stereocenters. The van der Waals surface area contributed by atoms with Gasteiger partial charge in [-0.25, -0.2) is 0 Å². The number of fused-ring (bicyclic) bond motifs is 1. The summed E-state index contributed by atoms with van der Waals surface area (Å²) in [6.45, 7) is 4.66. The van der Waals surface area contributed by atoms with Crippen LogP contribution in [0.2, 0.25) is 0 Å². The van der Waals surface area contributed by atoms with Gasteiger partial charge >= 0.3 is 0 Å². The van der Waals surface area contributed by atoms with Crippen LogP contribution in [0.5, 0.6) is 0 Å². The van der Waals surface area contributed by atoms with Crippen LogP contribution in [0.25, 0.3) is 0 Å². The zero-order chi connectivity index (χ0) is 7.35. The van der Waals surface area contributed by atoms with Crippen molar-refractivity contribution in [2.24, 2.45) is 17.8 Å². The average molecular weight is 156 g/mol. The summed E-state index contributed by atoms with van der Waals surface area (Å²) in [4.78, 5) is 0. The lowest BCUT2D eigenvalue weighted by atomic mass is 10.0. The van der Waals surface area contributed by atoms with E-state index < -0.39 is 0 Å². The van der Waals surface area contributed by atoms with Crippen molar-refractivity contribution in [3.63, 3.8) is 0 Å². The molecule has 2 rings (SSSR count). The summed E-state index contributed by atoms with van der Waals surface area (Å²) in [5.41, 5.74) is 0. The van der Waals surface area contributed by atoms with Crippen molar-refractivity contribution in [2.75, 3.05) is 0 Å². The fraction of sp³-hybridized carbons (Fsp3) is 1.00. The molecule has 58 valence electrons. The molecule has 0 bridgehead atoms. The highest BCUT2D eigenvalue weighted by Crippen LogP contribution is 2.67. The fourth-order valence-electron chi connectivity index (χ4n) is 2.97. The summed E-state index contributed by atoms with van der Waals surface area (Å²) >= 11 is 4.76. The molecule has 0 amide bonds. The van der Waals surface area contributed by atoms with E-state index in [4.69, 9.17) is 12.6 Å². The molecule has 0 aliphatic heterocycles. The van der Waals surface area contributed by atoms with Crippen molar-refractivity contribution in [2.45, 2.75) is 37.9 Å². The molecule has 0 aromatic heterocycles. The second-order valence-electron chi connectivity index (χ2n) is 4.16. The minimum absolute atomic E-state index is 0.494. The number of thiol groups is 1. The van der Waals surface area contributed by atoms with Crippen molar-refractivity contribution in [3.05, 3.63) is 0 Å². The molecule has 0 saturated heterocycles. The van der Waals surface area contributed by atoms with Crippen LogP contribution in [0.1, 0.15) is 33.1 Å². The van der Waals surface area contributed by atoms with Gasteiger partial charge in [0.25, 0.3) is 0 Å². The Labute approximate surface area is 68.8 Å². The third-order valence-electron chi connectivity index (χ3n) is 3.43. The van der Waals surface area contributed by atoms with Crippen LogP contribution in [0.15, 0.2) is 0 Å². The standard InChI is InChI=1S/C9H16S/c1-3-7-8-4-6(2)5-9(7,8)10/h6-8,10H,3-5H2,1-2H3. The van der Waals surface area contributed by atoms with Crippen molar-refractivity contribution >= 4 is 12.6 Å². The Kier molecular flexibility index (Phi) is 1.36. The molecule has 0 aromatic rings. The quantitative estimate of drug-likeness (QED) is 0.554. The Balaban J connectivity index is 2.05. The first-order valence-electron chi connectivity index (χ1n) is 4.41. The molecule has 0 N–H and O–H groups in total. The van der Waals surface area contributed by atoms with Crippen molar-refractivity contribution in [1.82, 2.24) is 0 Å². The first-order chi connectivity index (χ1) is 4.68. The zero-order valence-corrected chi connectivity index (χ0v) is 7.70. The van der Waals surface area contributed by atoms with Gasteiger partial charge in [-0.05, 0) is 30.6 Å².